The maximum atomic E-state index is 12.0. The Morgan fingerprint density at radius 2 is 2.17 bits per heavy atom. The average molecular weight is 192 g/mol. The van der Waals surface area contributed by atoms with E-state index in [4.69, 9.17) is 21.5 Å². The van der Waals surface area contributed by atoms with Crippen molar-refractivity contribution in [1.82, 2.24) is 4.98 Å². The lowest BCUT2D eigenvalue weighted by atomic mass is 10.5. The molecule has 0 bridgehead atoms. The van der Waals surface area contributed by atoms with Crippen molar-refractivity contribution < 1.29 is 14.3 Å². The highest BCUT2D eigenvalue weighted by molar-refractivity contribution is 6.29. The molecule has 5 heteroatoms. The number of pyridine rings is 1. The van der Waals surface area contributed by atoms with Crippen LogP contribution in [-0.2, 0) is 4.79 Å². The van der Waals surface area contributed by atoms with Gasteiger partial charge in [0.2, 0.25) is 0 Å². The standard InChI is InChI=1S/C5H3ClFN.C2H4O2/c6-5-2-1-4(7)3-8-5;1-2(3)4/h1-3H;1H3,(H,3,4). The molecule has 1 N–H and O–H groups in total. The van der Waals surface area contributed by atoms with Crippen molar-refractivity contribution in [2.75, 3.05) is 0 Å². The van der Waals surface area contributed by atoms with Gasteiger partial charge in [-0.1, -0.05) is 11.6 Å². The minimum Gasteiger partial charge on any atom is -0.481 e. The molecule has 1 aromatic heterocycles. The number of hydrogen-bond donors (Lipinski definition) is 1. The van der Waals surface area contributed by atoms with Gasteiger partial charge in [0.05, 0.1) is 6.20 Å². The van der Waals surface area contributed by atoms with Crippen LogP contribution in [0.5, 0.6) is 0 Å². The second-order valence-corrected chi connectivity index (χ2v) is 2.21. The highest BCUT2D eigenvalue weighted by atomic mass is 35.5. The molecule has 1 rings (SSSR count). The molecular formula is C7H7ClFNO2. The van der Waals surface area contributed by atoms with E-state index in [0.717, 1.165) is 13.1 Å². The van der Waals surface area contributed by atoms with E-state index in [9.17, 15) is 4.39 Å². The summed E-state index contributed by atoms with van der Waals surface area (Å²) in [5.74, 6) is -1.20. The van der Waals surface area contributed by atoms with Crippen LogP contribution in [0.15, 0.2) is 18.3 Å². The normalized spacial score (nSPS) is 8.25. The first-order valence-corrected chi connectivity index (χ1v) is 3.36. The van der Waals surface area contributed by atoms with Gasteiger partial charge in [-0.2, -0.15) is 0 Å². The van der Waals surface area contributed by atoms with Crippen LogP contribution in [0.2, 0.25) is 5.15 Å². The van der Waals surface area contributed by atoms with Gasteiger partial charge < -0.3 is 5.11 Å². The predicted octanol–water partition coefficient (Wildman–Crippen LogP) is 1.97. The van der Waals surface area contributed by atoms with Gasteiger partial charge in [0.1, 0.15) is 11.0 Å². The Kier molecular flexibility index (Phi) is 4.96. The topological polar surface area (TPSA) is 50.2 Å². The van der Waals surface area contributed by atoms with E-state index in [1.54, 1.807) is 0 Å². The number of aromatic nitrogens is 1. The number of halogens is 2. The Bertz CT molecular complexity index is 225. The zero-order chi connectivity index (χ0) is 9.56. The van der Waals surface area contributed by atoms with Gasteiger partial charge in [-0.25, -0.2) is 9.37 Å². The van der Waals surface area contributed by atoms with Crippen LogP contribution in [0, 0.1) is 5.82 Å². The Hall–Kier alpha value is -1.16. The second kappa shape index (κ2) is 5.49. The van der Waals surface area contributed by atoms with Crippen molar-refractivity contribution in [3.05, 3.63) is 29.3 Å². The number of carbonyl (C=O) groups is 1. The zero-order valence-corrected chi connectivity index (χ0v) is 7.05. The lowest BCUT2D eigenvalue weighted by Crippen LogP contribution is -1.78. The quantitative estimate of drug-likeness (QED) is 0.638. The highest BCUT2D eigenvalue weighted by Crippen LogP contribution is 2.02. The van der Waals surface area contributed by atoms with Crippen molar-refractivity contribution in [2.45, 2.75) is 6.92 Å². The molecule has 0 aliphatic carbocycles. The van der Waals surface area contributed by atoms with Crippen LogP contribution in [0.25, 0.3) is 0 Å². The third kappa shape index (κ3) is 6.95. The summed E-state index contributed by atoms with van der Waals surface area (Å²) in [6.45, 7) is 1.08. The van der Waals surface area contributed by atoms with Crippen LogP contribution in [0.3, 0.4) is 0 Å². The fourth-order valence-corrected chi connectivity index (χ4v) is 0.470. The largest absolute Gasteiger partial charge is 0.481 e. The second-order valence-electron chi connectivity index (χ2n) is 1.82. The van der Waals surface area contributed by atoms with Crippen LogP contribution in [0.4, 0.5) is 4.39 Å². The first-order valence-electron chi connectivity index (χ1n) is 2.99. The minimum atomic E-state index is -0.833. The van der Waals surface area contributed by atoms with E-state index >= 15 is 0 Å². The monoisotopic (exact) mass is 191 g/mol. The molecule has 0 aliphatic heterocycles. The van der Waals surface area contributed by atoms with Gasteiger partial charge in [0.15, 0.2) is 0 Å². The first kappa shape index (κ1) is 10.8. The van der Waals surface area contributed by atoms with Crippen LogP contribution in [-0.4, -0.2) is 16.1 Å². The average Bonchev–Trinajstić information content (AvgIpc) is 1.94. The fourth-order valence-electron chi connectivity index (χ4n) is 0.358. The molecule has 3 nitrogen and oxygen atoms in total. The van der Waals surface area contributed by atoms with Crippen LogP contribution in [0.1, 0.15) is 6.92 Å². The van der Waals surface area contributed by atoms with E-state index in [0.29, 0.717) is 5.15 Å². The summed E-state index contributed by atoms with van der Waals surface area (Å²) >= 11 is 5.33. The van der Waals surface area contributed by atoms with Gasteiger partial charge in [-0.05, 0) is 12.1 Å². The molecule has 12 heavy (non-hydrogen) atoms. The van der Waals surface area contributed by atoms with Crippen LogP contribution >= 0.6 is 11.6 Å². The highest BCUT2D eigenvalue weighted by Gasteiger charge is 1.86. The lowest BCUT2D eigenvalue weighted by Gasteiger charge is -1.84. The van der Waals surface area contributed by atoms with Crippen molar-refractivity contribution in [1.29, 1.82) is 0 Å². The lowest BCUT2D eigenvalue weighted by molar-refractivity contribution is -0.134. The third-order valence-corrected chi connectivity index (χ3v) is 0.915. The number of carboxylic acids is 1. The summed E-state index contributed by atoms with van der Waals surface area (Å²) in [7, 11) is 0. The molecule has 0 saturated heterocycles. The van der Waals surface area contributed by atoms with E-state index < -0.39 is 5.97 Å². The molecule has 0 saturated carbocycles. The van der Waals surface area contributed by atoms with E-state index in [1.807, 2.05) is 0 Å². The Labute approximate surface area is 73.8 Å². The molecule has 1 heterocycles. The number of rotatable bonds is 0. The predicted molar refractivity (Wildman–Crippen MR) is 42.5 cm³/mol. The number of carboxylic acid groups (broad SMARTS) is 1. The van der Waals surface area contributed by atoms with Gasteiger partial charge in [0.25, 0.3) is 5.97 Å². The maximum absolute atomic E-state index is 12.0. The Morgan fingerprint density at radius 3 is 2.42 bits per heavy atom. The number of nitrogens with zero attached hydrogens (tertiary/aromatic N) is 1. The molecule has 0 amide bonds. The summed E-state index contributed by atoms with van der Waals surface area (Å²) in [5.41, 5.74) is 0. The summed E-state index contributed by atoms with van der Waals surface area (Å²) in [6, 6.07) is 2.66. The third-order valence-electron chi connectivity index (χ3n) is 0.691. The zero-order valence-electron chi connectivity index (χ0n) is 6.29. The van der Waals surface area contributed by atoms with E-state index in [1.165, 1.54) is 12.1 Å². The summed E-state index contributed by atoms with van der Waals surface area (Å²) < 4.78 is 12.0. The smallest absolute Gasteiger partial charge is 0.300 e. The molecule has 0 unspecified atom stereocenters. The molecule has 0 atom stereocenters. The summed E-state index contributed by atoms with van der Waals surface area (Å²) in [6.07, 6.45) is 1.07. The molecule has 0 spiro atoms. The molecule has 66 valence electrons. The van der Waals surface area contributed by atoms with Gasteiger partial charge in [-0.3, -0.25) is 4.79 Å². The molecule has 0 aromatic carbocycles. The maximum Gasteiger partial charge on any atom is 0.300 e. The van der Waals surface area contributed by atoms with Crippen molar-refractivity contribution in [3.63, 3.8) is 0 Å². The Balaban J connectivity index is 0.000000261. The van der Waals surface area contributed by atoms with Crippen molar-refractivity contribution in [2.24, 2.45) is 0 Å². The van der Waals surface area contributed by atoms with E-state index in [-0.39, 0.29) is 5.82 Å². The number of aliphatic carboxylic acids is 1. The summed E-state index contributed by atoms with van der Waals surface area (Å²) in [5, 5.41) is 7.73. The van der Waals surface area contributed by atoms with Gasteiger partial charge in [0, 0.05) is 6.92 Å². The first-order chi connectivity index (χ1) is 5.52. The molecule has 1 aromatic rings. The van der Waals surface area contributed by atoms with Crippen molar-refractivity contribution >= 4 is 17.6 Å². The Morgan fingerprint density at radius 1 is 1.67 bits per heavy atom. The summed E-state index contributed by atoms with van der Waals surface area (Å²) in [4.78, 5) is 12.5. The molecule has 0 fully saturated rings. The SMILES string of the molecule is CC(=O)O.Fc1ccc(Cl)nc1. The van der Waals surface area contributed by atoms with E-state index in [2.05, 4.69) is 4.98 Å². The minimum absolute atomic E-state index is 0.311. The van der Waals surface area contributed by atoms with Gasteiger partial charge in [-0.15, -0.1) is 0 Å². The molecular weight excluding hydrogens is 185 g/mol. The molecule has 0 radical (unpaired) electrons. The molecule has 0 aliphatic rings. The number of hydrogen-bond acceptors (Lipinski definition) is 2. The van der Waals surface area contributed by atoms with Gasteiger partial charge >= 0.3 is 0 Å². The fraction of sp³-hybridized carbons (Fsp3) is 0.143. The van der Waals surface area contributed by atoms with Crippen molar-refractivity contribution in [3.8, 4) is 0 Å². The van der Waals surface area contributed by atoms with Crippen LogP contribution < -0.4 is 0 Å².